The molecule has 0 aromatic heterocycles. The lowest BCUT2D eigenvalue weighted by Crippen LogP contribution is -2.50. The Balaban J connectivity index is 1.61. The van der Waals surface area contributed by atoms with Crippen LogP contribution >= 0.6 is 23.2 Å². The minimum Gasteiger partial charge on any atom is -0.298 e. The second-order valence-corrected chi connectivity index (χ2v) is 11.6. The molecule has 0 saturated carbocycles. The number of amides is 1. The zero-order valence-corrected chi connectivity index (χ0v) is 22.5. The van der Waals surface area contributed by atoms with Crippen molar-refractivity contribution < 1.29 is 13.6 Å². The van der Waals surface area contributed by atoms with Crippen molar-refractivity contribution in [1.29, 1.82) is 0 Å². The van der Waals surface area contributed by atoms with Gasteiger partial charge in [0.15, 0.2) is 0 Å². The minimum atomic E-state index is -0.686. The summed E-state index contributed by atoms with van der Waals surface area (Å²) in [5.74, 6) is -1.92. The maximum absolute atomic E-state index is 15.1. The predicted octanol–water partition coefficient (Wildman–Crippen LogP) is 7.06. The van der Waals surface area contributed by atoms with E-state index in [1.54, 1.807) is 29.2 Å². The van der Waals surface area contributed by atoms with Gasteiger partial charge in [-0.1, -0.05) is 35.3 Å². The Bertz CT molecular complexity index is 1300. The van der Waals surface area contributed by atoms with Crippen LogP contribution in [-0.2, 0) is 4.79 Å². The molecule has 2 unspecified atom stereocenters. The maximum atomic E-state index is 15.1. The van der Waals surface area contributed by atoms with E-state index in [2.05, 4.69) is 25.7 Å². The zero-order valence-electron chi connectivity index (χ0n) is 21.0. The Morgan fingerprint density at radius 2 is 1.70 bits per heavy atom. The van der Waals surface area contributed by atoms with Gasteiger partial charge < -0.3 is 0 Å². The lowest BCUT2D eigenvalue weighted by Gasteiger charge is -2.43. The topological polar surface area (TPSA) is 35.9 Å². The van der Waals surface area contributed by atoms with E-state index < -0.39 is 23.6 Å². The fraction of sp³-hybridized carbons (Fsp3) is 0.379. The molecule has 0 aliphatic carbocycles. The number of carbonyl (C=O) groups excluding carboxylic acids is 1. The molecule has 0 spiro atoms. The average molecular weight is 544 g/mol. The molecule has 1 saturated heterocycles. The Labute approximate surface area is 226 Å². The van der Waals surface area contributed by atoms with Gasteiger partial charge in [0.1, 0.15) is 11.6 Å². The third-order valence-corrected chi connectivity index (χ3v) is 8.11. The number of likely N-dealkylation sites (tertiary alicyclic amines) is 1. The van der Waals surface area contributed by atoms with Crippen molar-refractivity contribution in [2.24, 2.45) is 16.8 Å². The number of hydrogen-bond acceptors (Lipinski definition) is 3. The first-order valence-corrected chi connectivity index (χ1v) is 13.3. The Hall–Kier alpha value is -2.54. The van der Waals surface area contributed by atoms with E-state index >= 15 is 4.39 Å². The van der Waals surface area contributed by atoms with Crippen molar-refractivity contribution in [2.45, 2.75) is 45.2 Å². The highest BCUT2D eigenvalue weighted by Gasteiger charge is 2.41. The molecule has 8 heteroatoms. The third-order valence-electron chi connectivity index (χ3n) is 7.50. The number of aliphatic imine (C=N–C) groups is 1. The average Bonchev–Trinajstić information content (AvgIpc) is 2.84. The first-order valence-electron chi connectivity index (χ1n) is 12.5. The van der Waals surface area contributed by atoms with Gasteiger partial charge >= 0.3 is 0 Å². The second-order valence-electron chi connectivity index (χ2n) is 10.8. The summed E-state index contributed by atoms with van der Waals surface area (Å²) in [5, 5.41) is 0.695. The van der Waals surface area contributed by atoms with Crippen LogP contribution in [-0.4, -0.2) is 41.2 Å². The zero-order chi connectivity index (χ0) is 26.5. The van der Waals surface area contributed by atoms with E-state index in [4.69, 9.17) is 28.2 Å². The van der Waals surface area contributed by atoms with Gasteiger partial charge in [-0.2, -0.15) is 0 Å². The number of piperidine rings is 1. The van der Waals surface area contributed by atoms with Gasteiger partial charge in [-0.05, 0) is 77.0 Å². The van der Waals surface area contributed by atoms with E-state index in [9.17, 15) is 9.18 Å². The normalized spacial score (nSPS) is 23.1. The van der Waals surface area contributed by atoms with Crippen molar-refractivity contribution in [1.82, 2.24) is 4.90 Å². The molecule has 0 radical (unpaired) electrons. The molecule has 0 bridgehead atoms. The van der Waals surface area contributed by atoms with Gasteiger partial charge in [0.05, 0.1) is 27.5 Å². The Morgan fingerprint density at radius 3 is 2.32 bits per heavy atom. The quantitative estimate of drug-likeness (QED) is 0.415. The van der Waals surface area contributed by atoms with Crippen LogP contribution in [0.4, 0.5) is 14.5 Å². The molecule has 2 aromatic carbocycles. The van der Waals surface area contributed by atoms with Crippen LogP contribution in [0.15, 0.2) is 65.3 Å². The lowest BCUT2D eigenvalue weighted by molar-refractivity contribution is -0.114. The van der Waals surface area contributed by atoms with E-state index in [1.807, 2.05) is 6.08 Å². The van der Waals surface area contributed by atoms with Gasteiger partial charge in [-0.15, -0.1) is 0 Å². The number of halogens is 4. The van der Waals surface area contributed by atoms with Crippen LogP contribution in [0.5, 0.6) is 0 Å². The van der Waals surface area contributed by atoms with Gasteiger partial charge in [-0.3, -0.25) is 19.6 Å². The lowest BCUT2D eigenvalue weighted by atomic mass is 9.80. The molecule has 0 N–H and O–H groups in total. The number of fused-ring (bicyclic) bond motifs is 1. The van der Waals surface area contributed by atoms with Crippen LogP contribution in [0.1, 0.15) is 39.2 Å². The van der Waals surface area contributed by atoms with Crippen LogP contribution < -0.4 is 4.90 Å². The Morgan fingerprint density at radius 1 is 1.03 bits per heavy atom. The number of hydrogen-bond donors (Lipinski definition) is 0. The summed E-state index contributed by atoms with van der Waals surface area (Å²) in [5.41, 5.74) is 1.98. The summed E-state index contributed by atoms with van der Waals surface area (Å²) >= 11 is 13.1. The highest BCUT2D eigenvalue weighted by Crippen LogP contribution is 2.42. The van der Waals surface area contributed by atoms with E-state index in [1.165, 1.54) is 18.2 Å². The van der Waals surface area contributed by atoms with Crippen molar-refractivity contribution in [2.75, 3.05) is 18.0 Å². The molecular formula is C29H29Cl2F2N3O. The van der Waals surface area contributed by atoms with Gasteiger partial charge in [-0.25, -0.2) is 8.78 Å². The standard InChI is InChI=1S/C29H29Cl2F2N3O/c1-29(2,3)35-13-11-17(12-14-35)24-16-25-20(27(34-24)19-8-7-18(32)15-23(19)33)9-10-26(37)36(25)28-21(30)5-4-6-22(28)31/h4-10,15-17,20,25H,11-14H2,1-3H3. The van der Waals surface area contributed by atoms with Crippen molar-refractivity contribution in [3.8, 4) is 0 Å². The fourth-order valence-corrected chi connectivity index (χ4v) is 6.11. The summed E-state index contributed by atoms with van der Waals surface area (Å²) in [7, 11) is 0. The fourth-order valence-electron chi connectivity index (χ4n) is 5.53. The smallest absolute Gasteiger partial charge is 0.251 e. The number of benzene rings is 2. The van der Waals surface area contributed by atoms with Crippen LogP contribution in [0.3, 0.4) is 0 Å². The van der Waals surface area contributed by atoms with Crippen LogP contribution in [0, 0.1) is 23.5 Å². The van der Waals surface area contributed by atoms with Gasteiger partial charge in [0.25, 0.3) is 5.91 Å². The van der Waals surface area contributed by atoms with Crippen molar-refractivity contribution in [3.63, 3.8) is 0 Å². The molecule has 2 aromatic rings. The van der Waals surface area contributed by atoms with E-state index in [0.29, 0.717) is 21.4 Å². The van der Waals surface area contributed by atoms with Crippen molar-refractivity contribution >= 4 is 40.5 Å². The van der Waals surface area contributed by atoms with E-state index in [0.717, 1.165) is 37.7 Å². The number of allylic oxidation sites excluding steroid dienone is 1. The molecule has 1 fully saturated rings. The molecule has 2 atom stereocenters. The summed E-state index contributed by atoms with van der Waals surface area (Å²) < 4.78 is 28.9. The molecular weight excluding hydrogens is 515 g/mol. The number of rotatable bonds is 3. The maximum Gasteiger partial charge on any atom is 0.251 e. The van der Waals surface area contributed by atoms with Crippen LogP contribution in [0.2, 0.25) is 10.0 Å². The molecule has 194 valence electrons. The molecule has 3 aliphatic rings. The third kappa shape index (κ3) is 4.99. The first kappa shape index (κ1) is 26.1. The van der Waals surface area contributed by atoms with Crippen LogP contribution in [0.25, 0.3) is 0 Å². The number of anilines is 1. The number of para-hydroxylation sites is 1. The Kier molecular flexibility index (Phi) is 7.03. The summed E-state index contributed by atoms with van der Waals surface area (Å²) in [6.07, 6.45) is 6.97. The van der Waals surface area contributed by atoms with Crippen molar-refractivity contribution in [3.05, 3.63) is 87.6 Å². The summed E-state index contributed by atoms with van der Waals surface area (Å²) in [6.45, 7) is 8.44. The summed E-state index contributed by atoms with van der Waals surface area (Å²) in [6, 6.07) is 8.11. The molecule has 1 amide bonds. The number of nitrogens with zero attached hydrogens (tertiary/aromatic N) is 3. The second kappa shape index (κ2) is 9.97. The molecule has 5 rings (SSSR count). The highest BCUT2D eigenvalue weighted by atomic mass is 35.5. The largest absolute Gasteiger partial charge is 0.298 e. The molecule has 3 heterocycles. The first-order chi connectivity index (χ1) is 17.5. The van der Waals surface area contributed by atoms with Gasteiger partial charge in [0.2, 0.25) is 0 Å². The monoisotopic (exact) mass is 543 g/mol. The number of carbonyl (C=O) groups is 1. The molecule has 3 aliphatic heterocycles. The molecule has 37 heavy (non-hydrogen) atoms. The highest BCUT2D eigenvalue weighted by molar-refractivity contribution is 6.40. The van der Waals surface area contributed by atoms with Gasteiger partial charge in [0, 0.05) is 40.8 Å². The van der Waals surface area contributed by atoms with E-state index in [-0.39, 0.29) is 22.9 Å². The predicted molar refractivity (Wildman–Crippen MR) is 145 cm³/mol. The molecule has 4 nitrogen and oxygen atoms in total. The summed E-state index contributed by atoms with van der Waals surface area (Å²) in [4.78, 5) is 22.3. The minimum absolute atomic E-state index is 0.0703. The SMILES string of the molecule is CC(C)(C)N1CCC(C2=CC3C(C=CC(=O)N3c3c(Cl)cccc3Cl)C(c3ccc(F)cc3F)=N2)CC1.